The molecule has 0 radical (unpaired) electrons. The standard InChI is InChI=1S/C17H11F3N4O3/c18-17(19,20)16-23-14(24-27-16)11-3-1-10(2-4-11)13(25)9-22-15(26)12-5-7-21-8-6-12/h1-8H,9H2,(H,22,26). The summed E-state index contributed by atoms with van der Waals surface area (Å²) in [5.74, 6) is -2.48. The Hall–Kier alpha value is -3.56. The molecule has 0 saturated carbocycles. The second-order valence-electron chi connectivity index (χ2n) is 5.34. The van der Waals surface area contributed by atoms with E-state index in [1.165, 1.54) is 48.8 Å². The van der Waals surface area contributed by atoms with Crippen LogP contribution in [0.25, 0.3) is 11.4 Å². The van der Waals surface area contributed by atoms with Crippen molar-refractivity contribution >= 4 is 11.7 Å². The molecule has 10 heteroatoms. The van der Waals surface area contributed by atoms with Gasteiger partial charge in [0.1, 0.15) is 0 Å². The predicted molar refractivity (Wildman–Crippen MR) is 85.6 cm³/mol. The van der Waals surface area contributed by atoms with Crippen molar-refractivity contribution in [1.29, 1.82) is 0 Å². The first kappa shape index (κ1) is 18.2. The molecule has 1 aromatic carbocycles. The van der Waals surface area contributed by atoms with Gasteiger partial charge in [-0.05, 0) is 12.1 Å². The van der Waals surface area contributed by atoms with Gasteiger partial charge < -0.3 is 9.84 Å². The first-order valence-electron chi connectivity index (χ1n) is 7.57. The van der Waals surface area contributed by atoms with E-state index in [9.17, 15) is 22.8 Å². The van der Waals surface area contributed by atoms with Crippen LogP contribution in [0.5, 0.6) is 0 Å². The number of amides is 1. The van der Waals surface area contributed by atoms with Crippen LogP contribution in [0.3, 0.4) is 0 Å². The number of rotatable bonds is 5. The van der Waals surface area contributed by atoms with Crippen molar-refractivity contribution in [3.63, 3.8) is 0 Å². The lowest BCUT2D eigenvalue weighted by molar-refractivity contribution is -0.159. The number of benzene rings is 1. The normalized spacial score (nSPS) is 11.2. The minimum absolute atomic E-state index is 0.235. The van der Waals surface area contributed by atoms with Crippen molar-refractivity contribution in [2.75, 3.05) is 6.54 Å². The van der Waals surface area contributed by atoms with Gasteiger partial charge in [-0.15, -0.1) is 0 Å². The summed E-state index contributed by atoms with van der Waals surface area (Å²) in [6.07, 6.45) is -1.82. The molecule has 1 amide bonds. The molecule has 3 rings (SSSR count). The summed E-state index contributed by atoms with van der Waals surface area (Å²) in [4.78, 5) is 31.1. The van der Waals surface area contributed by atoms with Crippen LogP contribution in [0.15, 0.2) is 53.3 Å². The lowest BCUT2D eigenvalue weighted by Crippen LogP contribution is -2.29. The Kier molecular flexibility index (Phi) is 4.97. The smallest absolute Gasteiger partial charge is 0.345 e. The van der Waals surface area contributed by atoms with Crippen LogP contribution in [-0.2, 0) is 6.18 Å². The Bertz CT molecular complexity index is 954. The molecule has 0 saturated heterocycles. The summed E-state index contributed by atoms with van der Waals surface area (Å²) in [5, 5.41) is 5.75. The number of ketones is 1. The van der Waals surface area contributed by atoms with Crippen LogP contribution in [0.2, 0.25) is 0 Å². The highest BCUT2D eigenvalue weighted by molar-refractivity contribution is 6.02. The first-order chi connectivity index (χ1) is 12.8. The van der Waals surface area contributed by atoms with E-state index in [0.717, 1.165) is 0 Å². The number of nitrogens with zero attached hydrogens (tertiary/aromatic N) is 3. The van der Waals surface area contributed by atoms with Crippen LogP contribution in [0.1, 0.15) is 26.6 Å². The first-order valence-corrected chi connectivity index (χ1v) is 7.57. The summed E-state index contributed by atoms with van der Waals surface area (Å²) in [6, 6.07) is 8.61. The Morgan fingerprint density at radius 3 is 2.26 bits per heavy atom. The minimum atomic E-state index is -4.73. The predicted octanol–water partition coefficient (Wildman–Crippen LogP) is 2.76. The maximum absolute atomic E-state index is 12.5. The number of alkyl halides is 3. The van der Waals surface area contributed by atoms with Crippen molar-refractivity contribution in [2.45, 2.75) is 6.18 Å². The van der Waals surface area contributed by atoms with Gasteiger partial charge in [0.25, 0.3) is 5.91 Å². The molecule has 2 heterocycles. The van der Waals surface area contributed by atoms with E-state index >= 15 is 0 Å². The number of pyridine rings is 1. The molecule has 0 atom stereocenters. The third kappa shape index (κ3) is 4.35. The number of aromatic nitrogens is 3. The summed E-state index contributed by atoms with van der Waals surface area (Å²) in [6.45, 7) is -0.235. The van der Waals surface area contributed by atoms with Crippen LogP contribution >= 0.6 is 0 Å². The fraction of sp³-hybridized carbons (Fsp3) is 0.118. The Morgan fingerprint density at radius 2 is 1.67 bits per heavy atom. The van der Waals surface area contributed by atoms with Crippen molar-refractivity contribution in [2.24, 2.45) is 0 Å². The molecule has 0 unspecified atom stereocenters. The Labute approximate surface area is 150 Å². The van der Waals surface area contributed by atoms with Crippen molar-refractivity contribution in [3.05, 3.63) is 65.8 Å². The van der Waals surface area contributed by atoms with Gasteiger partial charge >= 0.3 is 12.1 Å². The van der Waals surface area contributed by atoms with E-state index in [0.29, 0.717) is 5.56 Å². The average Bonchev–Trinajstić information content (AvgIpc) is 3.17. The highest BCUT2D eigenvalue weighted by atomic mass is 19.4. The Balaban J connectivity index is 1.64. The third-order valence-electron chi connectivity index (χ3n) is 3.49. The number of nitrogens with one attached hydrogen (secondary N) is 1. The zero-order valence-electron chi connectivity index (χ0n) is 13.5. The molecular weight excluding hydrogens is 365 g/mol. The fourth-order valence-corrected chi connectivity index (χ4v) is 2.13. The van der Waals surface area contributed by atoms with Gasteiger partial charge in [0.05, 0.1) is 6.54 Å². The van der Waals surface area contributed by atoms with Crippen LogP contribution in [-0.4, -0.2) is 33.4 Å². The van der Waals surface area contributed by atoms with Crippen LogP contribution in [0.4, 0.5) is 13.2 Å². The van der Waals surface area contributed by atoms with E-state index in [4.69, 9.17) is 0 Å². The molecule has 27 heavy (non-hydrogen) atoms. The van der Waals surface area contributed by atoms with Crippen molar-refractivity contribution in [3.8, 4) is 11.4 Å². The van der Waals surface area contributed by atoms with E-state index in [1.807, 2.05) is 0 Å². The topological polar surface area (TPSA) is 98.0 Å². The molecule has 2 aromatic heterocycles. The van der Waals surface area contributed by atoms with Gasteiger partial charge in [0.2, 0.25) is 5.82 Å². The number of carbonyl (C=O) groups excluding carboxylic acids is 2. The molecule has 0 bridgehead atoms. The number of hydrogen-bond acceptors (Lipinski definition) is 6. The second kappa shape index (κ2) is 7.36. The maximum atomic E-state index is 12.5. The third-order valence-corrected chi connectivity index (χ3v) is 3.49. The largest absolute Gasteiger partial charge is 0.471 e. The lowest BCUT2D eigenvalue weighted by Gasteiger charge is -2.05. The lowest BCUT2D eigenvalue weighted by atomic mass is 10.1. The van der Waals surface area contributed by atoms with Gasteiger partial charge in [0.15, 0.2) is 5.78 Å². The molecule has 3 aromatic rings. The SMILES string of the molecule is O=C(CNC(=O)c1ccncc1)c1ccc(-c2noc(C(F)(F)F)n2)cc1. The number of halogens is 3. The van der Waals surface area contributed by atoms with E-state index in [1.54, 1.807) is 0 Å². The van der Waals surface area contributed by atoms with E-state index < -0.39 is 18.0 Å². The highest BCUT2D eigenvalue weighted by Crippen LogP contribution is 2.29. The van der Waals surface area contributed by atoms with E-state index in [-0.39, 0.29) is 29.3 Å². The molecule has 1 N–H and O–H groups in total. The Morgan fingerprint density at radius 1 is 1.00 bits per heavy atom. The molecule has 0 spiro atoms. The number of hydrogen-bond donors (Lipinski definition) is 1. The van der Waals surface area contributed by atoms with Gasteiger partial charge in [-0.3, -0.25) is 14.6 Å². The van der Waals surface area contributed by atoms with Gasteiger partial charge in [-0.25, -0.2) is 0 Å². The fourth-order valence-electron chi connectivity index (χ4n) is 2.13. The van der Waals surface area contributed by atoms with Crippen LogP contribution in [0, 0.1) is 0 Å². The molecule has 0 fully saturated rings. The molecule has 0 aliphatic heterocycles. The number of Topliss-reactive ketones (excluding diaryl/α,β-unsaturated/α-hetero) is 1. The summed E-state index contributed by atoms with van der Waals surface area (Å²) in [5.41, 5.74) is 0.894. The van der Waals surface area contributed by atoms with Gasteiger partial charge in [-0.1, -0.05) is 29.4 Å². The maximum Gasteiger partial charge on any atom is 0.471 e. The van der Waals surface area contributed by atoms with Crippen molar-refractivity contribution < 1.29 is 27.3 Å². The molecule has 7 nitrogen and oxygen atoms in total. The number of carbonyl (C=O) groups is 2. The summed E-state index contributed by atoms with van der Waals surface area (Å²) < 4.78 is 41.6. The summed E-state index contributed by atoms with van der Waals surface area (Å²) >= 11 is 0. The monoisotopic (exact) mass is 376 g/mol. The molecule has 138 valence electrons. The zero-order valence-corrected chi connectivity index (χ0v) is 13.5. The van der Waals surface area contributed by atoms with Gasteiger partial charge in [0, 0.05) is 29.1 Å². The summed E-state index contributed by atoms with van der Waals surface area (Å²) in [7, 11) is 0. The molecular formula is C17H11F3N4O3. The quantitative estimate of drug-likeness (QED) is 0.688. The molecule has 0 aliphatic carbocycles. The second-order valence-corrected chi connectivity index (χ2v) is 5.34. The average molecular weight is 376 g/mol. The highest BCUT2D eigenvalue weighted by Gasteiger charge is 2.38. The molecule has 0 aliphatic rings. The van der Waals surface area contributed by atoms with Crippen LogP contribution < -0.4 is 5.32 Å². The zero-order chi connectivity index (χ0) is 19.4. The van der Waals surface area contributed by atoms with Crippen molar-refractivity contribution in [1.82, 2.24) is 20.4 Å². The van der Waals surface area contributed by atoms with Gasteiger partial charge in [-0.2, -0.15) is 18.2 Å². The van der Waals surface area contributed by atoms with E-state index in [2.05, 4.69) is 25.0 Å². The minimum Gasteiger partial charge on any atom is -0.345 e.